The molecule has 384 valence electrons. The highest BCUT2D eigenvalue weighted by atomic mass is 32.1. The molecule has 0 unspecified atom stereocenters. The molecule has 2 aliphatic rings. The summed E-state index contributed by atoms with van der Waals surface area (Å²) in [5.41, 5.74) is -2.28. The number of thiocarbonyl (C=S) groups is 1. The molecule has 4 amide bonds. The summed E-state index contributed by atoms with van der Waals surface area (Å²) in [5, 5.41) is 24.8. The standard InChI is InChI=1S/C50H48F6N8O7S2/c1-26-42(73-25-60-26)28-9-7-27(8-10-28)21-59-44(67)36-19-32(65)23-62(36)45(68)43(48(2,3)4)61-38(66)24-70-15-16-71-37-14-12-29(17-33(37)51)41-34(52)18-31(22-58-41)64-47(72)63(46(69)49(64,5)6)35-13-11-30(20-57)39(40(35)53)50(54,55)56/h7-14,17-18,22,25,32,36,43,65H,15-16,19,21,23-24H2,1-6H3,(H,59,67)(H,61,66)/t32-,36+,43-/m1/s1. The van der Waals surface area contributed by atoms with Crippen LogP contribution in [-0.4, -0.2) is 98.8 Å². The van der Waals surface area contributed by atoms with Crippen molar-refractivity contribution in [1.29, 1.82) is 5.26 Å². The SMILES string of the molecule is Cc1ncsc1-c1ccc(CNC(=O)[C@@H]2C[C@@H](O)CN2C(=O)[C@@H](NC(=O)COCCOc2ccc(-c3ncc(N4C(=S)N(c5ccc(C#N)c(C(F)(F)F)c5F)C(=O)C4(C)C)cc3F)cc2F)C(C)(C)C)cc1. The van der Waals surface area contributed by atoms with Gasteiger partial charge in [-0.15, -0.1) is 11.3 Å². The van der Waals surface area contributed by atoms with Gasteiger partial charge in [-0.05, 0) is 79.9 Å². The van der Waals surface area contributed by atoms with Gasteiger partial charge in [0.1, 0.15) is 42.1 Å². The average molecular weight is 1050 g/mol. The fraction of sp³-hybridized carbons (Fsp3) is 0.360. The number of carbonyl (C=O) groups is 4. The number of aromatic nitrogens is 2. The summed E-state index contributed by atoms with van der Waals surface area (Å²) in [7, 11) is 0. The minimum atomic E-state index is -5.29. The fourth-order valence-electron chi connectivity index (χ4n) is 8.44. The van der Waals surface area contributed by atoms with E-state index in [1.807, 2.05) is 31.2 Å². The number of pyridine rings is 1. The molecule has 0 spiro atoms. The van der Waals surface area contributed by atoms with Gasteiger partial charge in [0.25, 0.3) is 5.91 Å². The summed E-state index contributed by atoms with van der Waals surface area (Å²) in [6.45, 7) is 8.89. The summed E-state index contributed by atoms with van der Waals surface area (Å²) in [6, 6.07) is 12.7. The summed E-state index contributed by atoms with van der Waals surface area (Å²) >= 11 is 6.95. The Morgan fingerprint density at radius 1 is 1.00 bits per heavy atom. The fourth-order valence-corrected chi connectivity index (χ4v) is 9.76. The third kappa shape index (κ3) is 11.3. The normalized spacial score (nSPS) is 17.2. The number of aliphatic hydroxyl groups excluding tert-OH is 1. The van der Waals surface area contributed by atoms with Gasteiger partial charge in [-0.3, -0.25) is 29.1 Å². The third-order valence-corrected chi connectivity index (χ3v) is 13.5. The zero-order valence-electron chi connectivity index (χ0n) is 40.1. The molecule has 2 aliphatic heterocycles. The minimum absolute atomic E-state index is 0.00763. The maximum Gasteiger partial charge on any atom is 0.420 e. The number of amides is 4. The van der Waals surface area contributed by atoms with Crippen molar-refractivity contribution in [3.63, 3.8) is 0 Å². The Morgan fingerprint density at radius 3 is 2.32 bits per heavy atom. The van der Waals surface area contributed by atoms with E-state index >= 15 is 13.2 Å². The first-order valence-electron chi connectivity index (χ1n) is 22.5. The maximum atomic E-state index is 15.8. The molecule has 15 nitrogen and oxygen atoms in total. The van der Waals surface area contributed by atoms with Crippen LogP contribution < -0.4 is 25.2 Å². The first-order chi connectivity index (χ1) is 34.3. The van der Waals surface area contributed by atoms with Crippen LogP contribution in [0.15, 0.2) is 72.4 Å². The number of benzene rings is 3. The number of anilines is 2. The molecule has 3 atom stereocenters. The lowest BCUT2D eigenvalue weighted by molar-refractivity contribution is -0.144. The van der Waals surface area contributed by atoms with E-state index in [4.69, 9.17) is 27.0 Å². The van der Waals surface area contributed by atoms with Crippen LogP contribution in [-0.2, 0) is 36.6 Å². The van der Waals surface area contributed by atoms with E-state index in [1.165, 1.54) is 48.3 Å². The molecule has 7 rings (SSSR count). The van der Waals surface area contributed by atoms with Crippen molar-refractivity contribution in [2.45, 2.75) is 84.4 Å². The van der Waals surface area contributed by atoms with Gasteiger partial charge in [0, 0.05) is 31.1 Å². The van der Waals surface area contributed by atoms with Gasteiger partial charge in [-0.1, -0.05) is 45.0 Å². The molecule has 2 fully saturated rings. The third-order valence-electron chi connectivity index (χ3n) is 12.2. The number of ether oxygens (including phenoxy) is 2. The molecule has 0 bridgehead atoms. The van der Waals surface area contributed by atoms with Crippen LogP contribution in [0.1, 0.15) is 63.4 Å². The molecule has 2 saturated heterocycles. The highest BCUT2D eigenvalue weighted by Crippen LogP contribution is 2.42. The van der Waals surface area contributed by atoms with Crippen LogP contribution in [0.4, 0.5) is 37.7 Å². The summed E-state index contributed by atoms with van der Waals surface area (Å²) < 4.78 is 98.8. The van der Waals surface area contributed by atoms with Crippen LogP contribution in [0.5, 0.6) is 5.75 Å². The smallest absolute Gasteiger partial charge is 0.420 e. The Hall–Kier alpha value is -7.00. The van der Waals surface area contributed by atoms with Crippen LogP contribution >= 0.6 is 23.6 Å². The number of aliphatic hydroxyl groups is 1. The van der Waals surface area contributed by atoms with Gasteiger partial charge in [0.2, 0.25) is 17.7 Å². The number of hydrogen-bond acceptors (Lipinski definition) is 12. The van der Waals surface area contributed by atoms with E-state index in [1.54, 1.807) is 26.3 Å². The number of carbonyl (C=O) groups excluding carboxylic acids is 4. The Morgan fingerprint density at radius 2 is 1.70 bits per heavy atom. The predicted molar refractivity (Wildman–Crippen MR) is 260 cm³/mol. The highest BCUT2D eigenvalue weighted by molar-refractivity contribution is 7.81. The second-order valence-electron chi connectivity index (χ2n) is 18.8. The Labute approximate surface area is 424 Å². The number of nitrogens with one attached hydrogen (secondary N) is 2. The number of thiazole rings is 1. The topological polar surface area (TPSA) is 190 Å². The molecule has 73 heavy (non-hydrogen) atoms. The van der Waals surface area contributed by atoms with Crippen molar-refractivity contribution >= 4 is 63.7 Å². The van der Waals surface area contributed by atoms with Gasteiger partial charge in [0.05, 0.1) is 58.0 Å². The molecule has 23 heteroatoms. The molecule has 2 aromatic heterocycles. The highest BCUT2D eigenvalue weighted by Gasteiger charge is 2.52. The molecule has 3 aromatic carbocycles. The van der Waals surface area contributed by atoms with Crippen LogP contribution in [0.2, 0.25) is 0 Å². The molecular weight excluding hydrogens is 1000 g/mol. The lowest BCUT2D eigenvalue weighted by atomic mass is 9.85. The molecular formula is C50H48F6N8O7S2. The minimum Gasteiger partial charge on any atom is -0.488 e. The lowest BCUT2D eigenvalue weighted by Gasteiger charge is -2.35. The quantitative estimate of drug-likeness (QED) is 0.0530. The van der Waals surface area contributed by atoms with Crippen molar-refractivity contribution < 1.29 is 60.1 Å². The van der Waals surface area contributed by atoms with Crippen LogP contribution in [0, 0.1) is 41.1 Å². The van der Waals surface area contributed by atoms with E-state index in [9.17, 15) is 37.5 Å². The number of hydrogen-bond donors (Lipinski definition) is 3. The average Bonchev–Trinajstić information content (AvgIpc) is 3.99. The zero-order chi connectivity index (χ0) is 53.3. The first-order valence-corrected chi connectivity index (χ1v) is 23.8. The van der Waals surface area contributed by atoms with E-state index in [2.05, 4.69) is 20.6 Å². The van der Waals surface area contributed by atoms with Crippen molar-refractivity contribution in [3.8, 4) is 33.5 Å². The van der Waals surface area contributed by atoms with Crippen molar-refractivity contribution in [1.82, 2.24) is 25.5 Å². The Balaban J connectivity index is 0.917. The number of nitriles is 1. The van der Waals surface area contributed by atoms with Crippen LogP contribution in [0.3, 0.4) is 0 Å². The van der Waals surface area contributed by atoms with Gasteiger partial charge >= 0.3 is 6.18 Å². The molecule has 4 heterocycles. The van der Waals surface area contributed by atoms with Crippen LogP contribution in [0.25, 0.3) is 21.7 Å². The first kappa shape index (κ1) is 53.8. The van der Waals surface area contributed by atoms with Gasteiger partial charge < -0.3 is 35.0 Å². The number of β-amino-alcohol motifs (C(OH)–C–C–N with tert-alkyl or cyclic N) is 1. The summed E-state index contributed by atoms with van der Waals surface area (Å²) in [6.07, 6.45) is -5.15. The van der Waals surface area contributed by atoms with Gasteiger partial charge in [-0.2, -0.15) is 18.4 Å². The maximum absolute atomic E-state index is 15.8. The second kappa shape index (κ2) is 21.2. The molecule has 0 radical (unpaired) electrons. The molecule has 0 saturated carbocycles. The lowest BCUT2D eigenvalue weighted by Crippen LogP contribution is -2.58. The van der Waals surface area contributed by atoms with E-state index in [-0.39, 0.29) is 55.4 Å². The number of nitrogens with zero attached hydrogens (tertiary/aromatic N) is 6. The van der Waals surface area contributed by atoms with Crippen molar-refractivity contribution in [3.05, 3.63) is 112 Å². The number of likely N-dealkylation sites (tertiary alicyclic amines) is 1. The monoisotopic (exact) mass is 1050 g/mol. The molecule has 3 N–H and O–H groups in total. The largest absolute Gasteiger partial charge is 0.488 e. The Bertz CT molecular complexity index is 3010. The van der Waals surface area contributed by atoms with E-state index < -0.39 is 105 Å². The van der Waals surface area contributed by atoms with E-state index in [0.717, 1.165) is 51.0 Å². The summed E-state index contributed by atoms with van der Waals surface area (Å²) in [5.74, 6) is -6.74. The zero-order valence-corrected chi connectivity index (χ0v) is 41.7. The van der Waals surface area contributed by atoms with E-state index in [0.29, 0.717) is 11.0 Å². The van der Waals surface area contributed by atoms with Crippen molar-refractivity contribution in [2.24, 2.45) is 5.41 Å². The van der Waals surface area contributed by atoms with Gasteiger partial charge in [-0.25, -0.2) is 18.2 Å². The Kier molecular flexibility index (Phi) is 15.6. The number of rotatable bonds is 15. The van der Waals surface area contributed by atoms with Crippen molar-refractivity contribution in [2.75, 3.05) is 36.2 Å². The predicted octanol–water partition coefficient (Wildman–Crippen LogP) is 7.61. The second-order valence-corrected chi connectivity index (χ2v) is 20.0. The number of halogens is 6. The van der Waals surface area contributed by atoms with Gasteiger partial charge in [0.15, 0.2) is 28.3 Å². The number of alkyl halides is 3. The summed E-state index contributed by atoms with van der Waals surface area (Å²) in [4.78, 5) is 66.4. The molecule has 0 aliphatic carbocycles. The molecule has 5 aromatic rings. The number of aryl methyl sites for hydroxylation is 1.